The molecular weight excluding hydrogens is 382 g/mol. The fourth-order valence-corrected chi connectivity index (χ4v) is 4.09. The molecule has 2 heterocycles. The molecule has 7 heteroatoms. The molecule has 1 fully saturated rings. The highest BCUT2D eigenvalue weighted by Crippen LogP contribution is 2.36. The molecule has 0 aliphatic carbocycles. The topological polar surface area (TPSA) is 48.0 Å². The first-order valence-corrected chi connectivity index (χ1v) is 9.73. The Morgan fingerprint density at radius 3 is 2.74 bits per heavy atom. The number of rotatable bonds is 5. The SMILES string of the molecule is CCOc1ccc(/C=C2/SC(=S)N(Cc3ccc4c(c3)OCO4)C2=O)cc1. The molecule has 138 valence electrons. The molecule has 0 unspecified atom stereocenters. The maximum Gasteiger partial charge on any atom is 0.266 e. The van der Waals surface area contributed by atoms with Crippen molar-refractivity contribution in [2.45, 2.75) is 13.5 Å². The minimum Gasteiger partial charge on any atom is -0.494 e. The second kappa shape index (κ2) is 7.62. The van der Waals surface area contributed by atoms with Crippen LogP contribution >= 0.6 is 24.0 Å². The molecule has 1 amide bonds. The third kappa shape index (κ3) is 3.79. The van der Waals surface area contributed by atoms with Gasteiger partial charge in [0.1, 0.15) is 10.1 Å². The largest absolute Gasteiger partial charge is 0.494 e. The van der Waals surface area contributed by atoms with Crippen LogP contribution in [0.5, 0.6) is 17.2 Å². The van der Waals surface area contributed by atoms with Crippen molar-refractivity contribution in [3.8, 4) is 17.2 Å². The molecule has 1 saturated heterocycles. The fraction of sp³-hybridized carbons (Fsp3) is 0.200. The zero-order chi connectivity index (χ0) is 18.8. The van der Waals surface area contributed by atoms with Gasteiger partial charge in [0.25, 0.3) is 5.91 Å². The van der Waals surface area contributed by atoms with Crippen molar-refractivity contribution in [1.82, 2.24) is 4.90 Å². The standard InChI is InChI=1S/C20H17NO4S2/c1-2-23-15-6-3-13(4-7-15)10-18-19(22)21(20(26)27-18)11-14-5-8-16-17(9-14)25-12-24-16/h3-10H,2,11-12H2,1H3/b18-10+. The van der Waals surface area contributed by atoms with Crippen molar-refractivity contribution in [2.24, 2.45) is 0 Å². The molecule has 2 aromatic carbocycles. The molecule has 0 bridgehead atoms. The zero-order valence-electron chi connectivity index (χ0n) is 14.6. The molecule has 0 radical (unpaired) electrons. The number of thiocarbonyl (C=S) groups is 1. The van der Waals surface area contributed by atoms with Crippen molar-refractivity contribution < 1.29 is 19.0 Å². The Bertz CT molecular complexity index is 924. The molecule has 2 aliphatic rings. The van der Waals surface area contributed by atoms with Crippen molar-refractivity contribution in [1.29, 1.82) is 0 Å². The lowest BCUT2D eigenvalue weighted by molar-refractivity contribution is -0.122. The quantitative estimate of drug-likeness (QED) is 0.554. The highest BCUT2D eigenvalue weighted by Gasteiger charge is 2.32. The number of hydrogen-bond donors (Lipinski definition) is 0. The summed E-state index contributed by atoms with van der Waals surface area (Å²) in [6.07, 6.45) is 1.86. The Morgan fingerprint density at radius 1 is 1.19 bits per heavy atom. The van der Waals surface area contributed by atoms with Gasteiger partial charge in [-0.2, -0.15) is 0 Å². The van der Waals surface area contributed by atoms with Crippen molar-refractivity contribution in [3.05, 3.63) is 58.5 Å². The molecule has 2 aliphatic heterocycles. The van der Waals surface area contributed by atoms with Crippen LogP contribution in [0.1, 0.15) is 18.1 Å². The molecule has 2 aromatic rings. The van der Waals surface area contributed by atoms with Crippen LogP contribution in [0, 0.1) is 0 Å². The van der Waals surface area contributed by atoms with Crippen LogP contribution in [0.25, 0.3) is 6.08 Å². The van der Waals surface area contributed by atoms with Crippen molar-refractivity contribution >= 4 is 40.3 Å². The predicted molar refractivity (Wildman–Crippen MR) is 109 cm³/mol. The summed E-state index contributed by atoms with van der Waals surface area (Å²) in [4.78, 5) is 15.0. The van der Waals surface area contributed by atoms with Gasteiger partial charge < -0.3 is 14.2 Å². The van der Waals surface area contributed by atoms with Gasteiger partial charge in [-0.15, -0.1) is 0 Å². The highest BCUT2D eigenvalue weighted by atomic mass is 32.2. The van der Waals surface area contributed by atoms with Gasteiger partial charge in [0, 0.05) is 0 Å². The molecule has 0 aromatic heterocycles. The number of ether oxygens (including phenoxy) is 3. The van der Waals surface area contributed by atoms with Gasteiger partial charge in [0.05, 0.1) is 18.1 Å². The predicted octanol–water partition coefficient (Wildman–Crippen LogP) is 4.22. The lowest BCUT2D eigenvalue weighted by Gasteiger charge is -2.14. The Hall–Kier alpha value is -2.51. The lowest BCUT2D eigenvalue weighted by Crippen LogP contribution is -2.27. The first-order valence-electron chi connectivity index (χ1n) is 8.51. The first kappa shape index (κ1) is 17.9. The average Bonchev–Trinajstić information content (AvgIpc) is 3.23. The third-order valence-corrected chi connectivity index (χ3v) is 5.52. The van der Waals surface area contributed by atoms with Gasteiger partial charge in [-0.25, -0.2) is 0 Å². The second-order valence-corrected chi connectivity index (χ2v) is 7.63. The lowest BCUT2D eigenvalue weighted by atomic mass is 10.2. The summed E-state index contributed by atoms with van der Waals surface area (Å²) in [5.74, 6) is 2.14. The van der Waals surface area contributed by atoms with E-state index in [1.165, 1.54) is 11.8 Å². The van der Waals surface area contributed by atoms with Crippen LogP contribution in [-0.2, 0) is 11.3 Å². The summed E-state index contributed by atoms with van der Waals surface area (Å²) in [6.45, 7) is 3.20. The van der Waals surface area contributed by atoms with Crippen molar-refractivity contribution in [2.75, 3.05) is 13.4 Å². The minimum atomic E-state index is -0.0865. The van der Waals surface area contributed by atoms with E-state index in [1.54, 1.807) is 4.90 Å². The van der Waals surface area contributed by atoms with Crippen LogP contribution in [0.4, 0.5) is 0 Å². The van der Waals surface area contributed by atoms with Gasteiger partial charge >= 0.3 is 0 Å². The number of fused-ring (bicyclic) bond motifs is 1. The van der Waals surface area contributed by atoms with E-state index in [2.05, 4.69) is 0 Å². The van der Waals surface area contributed by atoms with Crippen LogP contribution < -0.4 is 14.2 Å². The molecule has 27 heavy (non-hydrogen) atoms. The monoisotopic (exact) mass is 399 g/mol. The fourth-order valence-electron chi connectivity index (χ4n) is 2.84. The van der Waals surface area contributed by atoms with Gasteiger partial charge in [-0.05, 0) is 48.4 Å². The number of hydrogen-bond acceptors (Lipinski definition) is 6. The summed E-state index contributed by atoms with van der Waals surface area (Å²) in [5, 5.41) is 0. The number of thioether (sulfide) groups is 1. The maximum atomic E-state index is 12.8. The molecule has 4 rings (SSSR count). The molecule has 0 spiro atoms. The Labute approximate surface area is 166 Å². The summed E-state index contributed by atoms with van der Waals surface area (Å²) in [7, 11) is 0. The van der Waals surface area contributed by atoms with E-state index >= 15 is 0 Å². The zero-order valence-corrected chi connectivity index (χ0v) is 16.3. The van der Waals surface area contributed by atoms with Crippen LogP contribution in [0.15, 0.2) is 47.4 Å². The third-order valence-electron chi connectivity index (χ3n) is 4.14. The maximum absolute atomic E-state index is 12.8. The van der Waals surface area contributed by atoms with E-state index in [0.29, 0.717) is 28.1 Å². The molecule has 5 nitrogen and oxygen atoms in total. The molecular formula is C20H17NO4S2. The number of benzene rings is 2. The molecule has 0 saturated carbocycles. The van der Waals surface area contributed by atoms with E-state index < -0.39 is 0 Å². The van der Waals surface area contributed by atoms with E-state index in [0.717, 1.165) is 22.6 Å². The Morgan fingerprint density at radius 2 is 1.96 bits per heavy atom. The summed E-state index contributed by atoms with van der Waals surface area (Å²) in [5.41, 5.74) is 1.87. The van der Waals surface area contributed by atoms with Crippen LogP contribution in [-0.4, -0.2) is 28.5 Å². The molecule has 0 N–H and O–H groups in total. The summed E-state index contributed by atoms with van der Waals surface area (Å²) in [6, 6.07) is 13.3. The summed E-state index contributed by atoms with van der Waals surface area (Å²) >= 11 is 6.73. The highest BCUT2D eigenvalue weighted by molar-refractivity contribution is 8.26. The van der Waals surface area contributed by atoms with Crippen molar-refractivity contribution in [3.63, 3.8) is 0 Å². The Kier molecular flexibility index (Phi) is 5.05. The molecule has 0 atom stereocenters. The second-order valence-electron chi connectivity index (χ2n) is 5.96. The summed E-state index contributed by atoms with van der Waals surface area (Å²) < 4.78 is 16.7. The van der Waals surface area contributed by atoms with E-state index in [-0.39, 0.29) is 12.7 Å². The normalized spacial score (nSPS) is 17.1. The first-order chi connectivity index (χ1) is 13.1. The smallest absolute Gasteiger partial charge is 0.266 e. The van der Waals surface area contributed by atoms with E-state index in [1.807, 2.05) is 55.5 Å². The van der Waals surface area contributed by atoms with Gasteiger partial charge in [0.2, 0.25) is 6.79 Å². The van der Waals surface area contributed by atoms with Crippen LogP contribution in [0.3, 0.4) is 0 Å². The number of carbonyl (C=O) groups excluding carboxylic acids is 1. The average molecular weight is 399 g/mol. The van der Waals surface area contributed by atoms with Crippen LogP contribution in [0.2, 0.25) is 0 Å². The van der Waals surface area contributed by atoms with Gasteiger partial charge in [-0.1, -0.05) is 42.2 Å². The van der Waals surface area contributed by atoms with Gasteiger partial charge in [-0.3, -0.25) is 9.69 Å². The number of amides is 1. The van der Waals surface area contributed by atoms with E-state index in [9.17, 15) is 4.79 Å². The number of carbonyl (C=O) groups is 1. The van der Waals surface area contributed by atoms with Gasteiger partial charge in [0.15, 0.2) is 11.5 Å². The minimum absolute atomic E-state index is 0.0865. The number of nitrogens with zero attached hydrogens (tertiary/aromatic N) is 1. The Balaban J connectivity index is 1.49. The van der Waals surface area contributed by atoms with E-state index in [4.69, 9.17) is 26.4 Å².